The van der Waals surface area contributed by atoms with Crippen molar-refractivity contribution in [3.05, 3.63) is 23.8 Å². The van der Waals surface area contributed by atoms with Crippen molar-refractivity contribution in [1.29, 1.82) is 0 Å². The van der Waals surface area contributed by atoms with Gasteiger partial charge >= 0.3 is 0 Å². The maximum absolute atomic E-state index is 12.8. The Balaban J connectivity index is 2.24. The molecule has 0 saturated carbocycles. The second-order valence-electron chi connectivity index (χ2n) is 5.57. The van der Waals surface area contributed by atoms with Crippen LogP contribution in [0.4, 0.5) is 0 Å². The number of carbonyl (C=O) groups excluding carboxylic acids is 1. The lowest BCUT2D eigenvalue weighted by molar-refractivity contribution is -0.126. The summed E-state index contributed by atoms with van der Waals surface area (Å²) in [5.41, 5.74) is 2.87. The quantitative estimate of drug-likeness (QED) is 0.468. The number of amides is 1. The number of carbonyl (C=O) groups is 1. The lowest BCUT2D eigenvalue weighted by Crippen LogP contribution is -2.46. The minimum atomic E-state index is -3.63. The third-order valence-corrected chi connectivity index (χ3v) is 5.84. The summed E-state index contributed by atoms with van der Waals surface area (Å²) in [7, 11) is -3.63. The third kappa shape index (κ3) is 3.82. The molecule has 1 aliphatic rings. The monoisotopic (exact) mass is 341 g/mol. The van der Waals surface area contributed by atoms with Gasteiger partial charge in [-0.25, -0.2) is 14.3 Å². The molecule has 0 unspecified atom stereocenters. The molecule has 3 N–H and O–H groups in total. The number of rotatable bonds is 5. The maximum atomic E-state index is 12.8. The van der Waals surface area contributed by atoms with Gasteiger partial charge in [0.15, 0.2) is 0 Å². The molecule has 1 fully saturated rings. The van der Waals surface area contributed by atoms with E-state index in [-0.39, 0.29) is 17.3 Å². The van der Waals surface area contributed by atoms with Crippen LogP contribution in [0, 0.1) is 12.8 Å². The minimum absolute atomic E-state index is 0.150. The highest BCUT2D eigenvalue weighted by atomic mass is 32.2. The molecule has 0 radical (unpaired) electrons. The van der Waals surface area contributed by atoms with Crippen LogP contribution in [0.2, 0.25) is 0 Å². The van der Waals surface area contributed by atoms with E-state index in [9.17, 15) is 13.2 Å². The van der Waals surface area contributed by atoms with Crippen LogP contribution in [0.25, 0.3) is 0 Å². The highest BCUT2D eigenvalue weighted by Crippen LogP contribution is 2.27. The molecule has 1 amide bonds. The van der Waals surface area contributed by atoms with Crippen molar-refractivity contribution in [2.45, 2.75) is 31.6 Å². The second kappa shape index (κ2) is 7.29. The Labute approximate surface area is 136 Å². The summed E-state index contributed by atoms with van der Waals surface area (Å²) in [6, 6.07) is 4.81. The molecule has 1 aromatic rings. The standard InChI is InChI=1S/C15H23N3O4S/c1-3-22-14-7-6-13(9-11(14)2)23(20,21)18-8-4-5-12(10-18)15(19)17-16/h6-7,9,12H,3-5,8,10,16H2,1-2H3,(H,17,19)/t12-/m0/s1. The topological polar surface area (TPSA) is 102 Å². The molecule has 2 rings (SSSR count). The van der Waals surface area contributed by atoms with E-state index in [1.54, 1.807) is 18.2 Å². The van der Waals surface area contributed by atoms with Gasteiger partial charge in [-0.05, 0) is 50.5 Å². The van der Waals surface area contributed by atoms with Crippen LogP contribution in [0.3, 0.4) is 0 Å². The Kier molecular flexibility index (Phi) is 5.61. The van der Waals surface area contributed by atoms with E-state index in [0.717, 1.165) is 5.56 Å². The van der Waals surface area contributed by atoms with Gasteiger partial charge in [0, 0.05) is 13.1 Å². The van der Waals surface area contributed by atoms with Gasteiger partial charge in [0.25, 0.3) is 0 Å². The molecule has 1 saturated heterocycles. The summed E-state index contributed by atoms with van der Waals surface area (Å²) in [6.45, 7) is 4.76. The Bertz CT molecular complexity index is 675. The molecule has 1 aromatic carbocycles. The molecule has 1 atom stereocenters. The van der Waals surface area contributed by atoms with Gasteiger partial charge in [-0.2, -0.15) is 4.31 Å². The van der Waals surface area contributed by atoms with Crippen molar-refractivity contribution in [3.8, 4) is 5.75 Å². The number of aryl methyl sites for hydroxylation is 1. The average Bonchev–Trinajstić information content (AvgIpc) is 2.56. The molecular weight excluding hydrogens is 318 g/mol. The summed E-state index contributed by atoms with van der Waals surface area (Å²) < 4.78 is 32.4. The molecule has 1 heterocycles. The van der Waals surface area contributed by atoms with Gasteiger partial charge in [0.2, 0.25) is 15.9 Å². The van der Waals surface area contributed by atoms with E-state index in [4.69, 9.17) is 10.6 Å². The minimum Gasteiger partial charge on any atom is -0.494 e. The molecular formula is C15H23N3O4S. The fourth-order valence-corrected chi connectivity index (χ4v) is 4.35. The van der Waals surface area contributed by atoms with Gasteiger partial charge in [0.05, 0.1) is 17.4 Å². The predicted molar refractivity (Wildman–Crippen MR) is 86.2 cm³/mol. The van der Waals surface area contributed by atoms with Crippen LogP contribution in [-0.2, 0) is 14.8 Å². The van der Waals surface area contributed by atoms with E-state index in [2.05, 4.69) is 5.43 Å². The van der Waals surface area contributed by atoms with Crippen molar-refractivity contribution in [3.63, 3.8) is 0 Å². The van der Waals surface area contributed by atoms with E-state index < -0.39 is 15.9 Å². The number of nitrogens with zero attached hydrogens (tertiary/aromatic N) is 1. The summed E-state index contributed by atoms with van der Waals surface area (Å²) in [6.07, 6.45) is 1.27. The number of ether oxygens (including phenoxy) is 1. The summed E-state index contributed by atoms with van der Waals surface area (Å²) in [5, 5.41) is 0. The number of piperidine rings is 1. The number of hydrogen-bond donors (Lipinski definition) is 2. The number of benzene rings is 1. The predicted octanol–water partition coefficient (Wildman–Crippen LogP) is 0.784. The van der Waals surface area contributed by atoms with Gasteiger partial charge in [-0.3, -0.25) is 10.2 Å². The Morgan fingerprint density at radius 3 is 2.83 bits per heavy atom. The van der Waals surface area contributed by atoms with Crippen LogP contribution in [0.5, 0.6) is 5.75 Å². The molecule has 0 aromatic heterocycles. The first kappa shape index (κ1) is 17.7. The van der Waals surface area contributed by atoms with Gasteiger partial charge in [0.1, 0.15) is 5.75 Å². The zero-order valence-corrected chi connectivity index (χ0v) is 14.2. The zero-order chi connectivity index (χ0) is 17.0. The van der Waals surface area contributed by atoms with Crippen molar-refractivity contribution in [1.82, 2.24) is 9.73 Å². The molecule has 8 heteroatoms. The average molecular weight is 341 g/mol. The fourth-order valence-electron chi connectivity index (χ4n) is 2.74. The van der Waals surface area contributed by atoms with E-state index in [1.165, 1.54) is 4.31 Å². The fraction of sp³-hybridized carbons (Fsp3) is 0.533. The molecule has 0 spiro atoms. The first-order chi connectivity index (χ1) is 10.9. The largest absolute Gasteiger partial charge is 0.494 e. The molecule has 1 aliphatic heterocycles. The van der Waals surface area contributed by atoms with Crippen molar-refractivity contribution in [2.24, 2.45) is 11.8 Å². The van der Waals surface area contributed by atoms with Crippen LogP contribution in [-0.4, -0.2) is 38.3 Å². The normalized spacial score (nSPS) is 19.3. The smallest absolute Gasteiger partial charge is 0.243 e. The highest BCUT2D eigenvalue weighted by molar-refractivity contribution is 7.89. The first-order valence-electron chi connectivity index (χ1n) is 7.64. The van der Waals surface area contributed by atoms with Gasteiger partial charge in [-0.1, -0.05) is 0 Å². The van der Waals surface area contributed by atoms with E-state index in [0.29, 0.717) is 31.7 Å². The number of nitrogens with two attached hydrogens (primary N) is 1. The highest BCUT2D eigenvalue weighted by Gasteiger charge is 2.33. The third-order valence-electron chi connectivity index (χ3n) is 3.98. The second-order valence-corrected chi connectivity index (χ2v) is 7.51. The van der Waals surface area contributed by atoms with Gasteiger partial charge < -0.3 is 4.74 Å². The van der Waals surface area contributed by atoms with Crippen LogP contribution in [0.1, 0.15) is 25.3 Å². The van der Waals surface area contributed by atoms with Gasteiger partial charge in [-0.15, -0.1) is 0 Å². The molecule has 128 valence electrons. The Morgan fingerprint density at radius 1 is 1.48 bits per heavy atom. The van der Waals surface area contributed by atoms with Crippen LogP contribution >= 0.6 is 0 Å². The molecule has 7 nitrogen and oxygen atoms in total. The first-order valence-corrected chi connectivity index (χ1v) is 9.08. The summed E-state index contributed by atoms with van der Waals surface area (Å²) >= 11 is 0. The molecule has 0 bridgehead atoms. The number of hydrazine groups is 1. The number of nitrogens with one attached hydrogen (secondary N) is 1. The molecule has 23 heavy (non-hydrogen) atoms. The lowest BCUT2D eigenvalue weighted by Gasteiger charge is -2.31. The number of hydrogen-bond acceptors (Lipinski definition) is 5. The van der Waals surface area contributed by atoms with Crippen LogP contribution in [0.15, 0.2) is 23.1 Å². The van der Waals surface area contributed by atoms with Crippen molar-refractivity contribution >= 4 is 15.9 Å². The molecule has 0 aliphatic carbocycles. The van der Waals surface area contributed by atoms with Crippen molar-refractivity contribution in [2.75, 3.05) is 19.7 Å². The number of sulfonamides is 1. The SMILES string of the molecule is CCOc1ccc(S(=O)(=O)N2CCC[C@H](C(=O)NN)C2)cc1C. The van der Waals surface area contributed by atoms with E-state index >= 15 is 0 Å². The Hall–Kier alpha value is -1.64. The van der Waals surface area contributed by atoms with Crippen molar-refractivity contribution < 1.29 is 17.9 Å². The summed E-state index contributed by atoms with van der Waals surface area (Å²) in [5.74, 6) is 5.09. The van der Waals surface area contributed by atoms with E-state index in [1.807, 2.05) is 13.8 Å². The lowest BCUT2D eigenvalue weighted by atomic mass is 9.99. The van der Waals surface area contributed by atoms with Crippen LogP contribution < -0.4 is 16.0 Å². The zero-order valence-electron chi connectivity index (χ0n) is 13.4. The maximum Gasteiger partial charge on any atom is 0.243 e. The summed E-state index contributed by atoms with van der Waals surface area (Å²) in [4.78, 5) is 11.9. The Morgan fingerprint density at radius 2 is 2.22 bits per heavy atom.